The standard InChI is InChI=1S/C10H12N4O2/c1-7-5-9(15)14(10(7)16)4-2-3-8-11-6-12-13-8/h5-6H,2-4H2,1H3,(H,11,12,13). The first-order chi connectivity index (χ1) is 7.68. The third kappa shape index (κ3) is 2.00. The molecule has 1 aromatic rings. The van der Waals surface area contributed by atoms with Crippen molar-refractivity contribution in [2.45, 2.75) is 19.8 Å². The summed E-state index contributed by atoms with van der Waals surface area (Å²) in [5.74, 6) is 0.353. The van der Waals surface area contributed by atoms with E-state index in [4.69, 9.17) is 0 Å². The lowest BCUT2D eigenvalue weighted by Crippen LogP contribution is -2.32. The van der Waals surface area contributed by atoms with Crippen LogP contribution in [0.1, 0.15) is 19.2 Å². The fourth-order valence-corrected chi connectivity index (χ4v) is 1.61. The molecule has 0 atom stereocenters. The van der Waals surface area contributed by atoms with Gasteiger partial charge in [0.1, 0.15) is 12.2 Å². The minimum absolute atomic E-state index is 0.192. The van der Waals surface area contributed by atoms with Crippen molar-refractivity contribution < 1.29 is 9.59 Å². The Hall–Kier alpha value is -1.98. The van der Waals surface area contributed by atoms with Gasteiger partial charge in [-0.15, -0.1) is 0 Å². The third-order valence-electron chi connectivity index (χ3n) is 2.45. The molecule has 0 bridgehead atoms. The predicted octanol–water partition coefficient (Wildman–Crippen LogP) is 0.0524. The van der Waals surface area contributed by atoms with Crippen molar-refractivity contribution in [2.24, 2.45) is 0 Å². The minimum atomic E-state index is -0.222. The van der Waals surface area contributed by atoms with Crippen LogP contribution in [0.2, 0.25) is 0 Å². The SMILES string of the molecule is CC1=CC(=O)N(CCCc2ncn[nH]2)C1=O. The Balaban J connectivity index is 1.83. The van der Waals surface area contributed by atoms with Gasteiger partial charge in [0.25, 0.3) is 11.8 Å². The van der Waals surface area contributed by atoms with Crippen molar-refractivity contribution >= 4 is 11.8 Å². The number of imide groups is 1. The lowest BCUT2D eigenvalue weighted by Gasteiger charge is -2.13. The number of nitrogens with one attached hydrogen (secondary N) is 1. The third-order valence-corrected chi connectivity index (χ3v) is 2.45. The van der Waals surface area contributed by atoms with Crippen molar-refractivity contribution in [1.29, 1.82) is 0 Å². The van der Waals surface area contributed by atoms with E-state index in [1.54, 1.807) is 6.92 Å². The van der Waals surface area contributed by atoms with Crippen LogP contribution < -0.4 is 0 Å². The average molecular weight is 220 g/mol. The number of hydrogen-bond donors (Lipinski definition) is 1. The highest BCUT2D eigenvalue weighted by molar-refractivity contribution is 6.15. The molecule has 1 aliphatic rings. The fourth-order valence-electron chi connectivity index (χ4n) is 1.61. The number of aromatic nitrogens is 3. The highest BCUT2D eigenvalue weighted by atomic mass is 16.2. The Morgan fingerprint density at radius 2 is 2.25 bits per heavy atom. The van der Waals surface area contributed by atoms with Gasteiger partial charge in [-0.25, -0.2) is 4.98 Å². The zero-order valence-electron chi connectivity index (χ0n) is 8.93. The van der Waals surface area contributed by atoms with E-state index in [0.29, 0.717) is 25.0 Å². The number of aryl methyl sites for hydroxylation is 1. The van der Waals surface area contributed by atoms with Gasteiger partial charge in [0, 0.05) is 24.6 Å². The van der Waals surface area contributed by atoms with Crippen LogP contribution in [0.4, 0.5) is 0 Å². The number of nitrogens with zero attached hydrogens (tertiary/aromatic N) is 3. The van der Waals surface area contributed by atoms with Crippen LogP contribution in [-0.2, 0) is 16.0 Å². The first kappa shape index (κ1) is 10.5. The van der Waals surface area contributed by atoms with E-state index in [9.17, 15) is 9.59 Å². The van der Waals surface area contributed by atoms with E-state index in [1.165, 1.54) is 17.3 Å². The second-order valence-corrected chi connectivity index (χ2v) is 3.66. The van der Waals surface area contributed by atoms with Crippen molar-refractivity contribution in [3.8, 4) is 0 Å². The molecule has 2 heterocycles. The van der Waals surface area contributed by atoms with Crippen LogP contribution in [0.15, 0.2) is 18.0 Å². The molecule has 6 heteroatoms. The summed E-state index contributed by atoms with van der Waals surface area (Å²) in [7, 11) is 0. The summed E-state index contributed by atoms with van der Waals surface area (Å²) >= 11 is 0. The van der Waals surface area contributed by atoms with Crippen LogP contribution in [0.5, 0.6) is 0 Å². The number of aromatic amines is 1. The maximum absolute atomic E-state index is 11.5. The minimum Gasteiger partial charge on any atom is -0.275 e. The lowest BCUT2D eigenvalue weighted by atomic mass is 10.2. The number of rotatable bonds is 4. The summed E-state index contributed by atoms with van der Waals surface area (Å²) in [6.45, 7) is 2.07. The molecule has 84 valence electrons. The molecule has 0 fully saturated rings. The normalized spacial score (nSPS) is 15.8. The smallest absolute Gasteiger partial charge is 0.256 e. The Morgan fingerprint density at radius 1 is 1.44 bits per heavy atom. The number of H-pyrrole nitrogens is 1. The van der Waals surface area contributed by atoms with Gasteiger partial charge in [-0.2, -0.15) is 5.10 Å². The summed E-state index contributed by atoms with van der Waals surface area (Å²) in [6.07, 6.45) is 4.17. The van der Waals surface area contributed by atoms with E-state index in [0.717, 1.165) is 5.82 Å². The van der Waals surface area contributed by atoms with Gasteiger partial charge in [0.15, 0.2) is 0 Å². The fraction of sp³-hybridized carbons (Fsp3) is 0.400. The molecule has 0 saturated carbocycles. The van der Waals surface area contributed by atoms with Gasteiger partial charge in [0.05, 0.1) is 0 Å². The molecule has 0 saturated heterocycles. The second-order valence-electron chi connectivity index (χ2n) is 3.66. The summed E-state index contributed by atoms with van der Waals surface area (Å²) < 4.78 is 0. The summed E-state index contributed by atoms with van der Waals surface area (Å²) in [6, 6.07) is 0. The van der Waals surface area contributed by atoms with Gasteiger partial charge in [-0.1, -0.05) is 0 Å². The monoisotopic (exact) mass is 220 g/mol. The molecule has 6 nitrogen and oxygen atoms in total. The largest absolute Gasteiger partial charge is 0.275 e. The van der Waals surface area contributed by atoms with E-state index in [1.807, 2.05) is 0 Å². The van der Waals surface area contributed by atoms with Gasteiger partial charge in [0.2, 0.25) is 0 Å². The maximum atomic E-state index is 11.5. The zero-order chi connectivity index (χ0) is 11.5. The first-order valence-electron chi connectivity index (χ1n) is 5.07. The molecule has 1 aromatic heterocycles. The van der Waals surface area contributed by atoms with Crippen molar-refractivity contribution in [3.05, 3.63) is 23.8 Å². The molecule has 0 aromatic carbocycles. The molecular formula is C10H12N4O2. The van der Waals surface area contributed by atoms with E-state index < -0.39 is 0 Å². The maximum Gasteiger partial charge on any atom is 0.256 e. The van der Waals surface area contributed by atoms with Crippen LogP contribution in [0.25, 0.3) is 0 Å². The van der Waals surface area contributed by atoms with E-state index in [2.05, 4.69) is 15.2 Å². The number of carbonyl (C=O) groups is 2. The van der Waals surface area contributed by atoms with Crippen LogP contribution >= 0.6 is 0 Å². The molecule has 0 aliphatic carbocycles. The first-order valence-corrected chi connectivity index (χ1v) is 5.07. The summed E-state index contributed by atoms with van der Waals surface area (Å²) in [5, 5.41) is 6.45. The molecule has 0 unspecified atom stereocenters. The van der Waals surface area contributed by atoms with Crippen LogP contribution in [0.3, 0.4) is 0 Å². The molecule has 2 amide bonds. The molecule has 0 spiro atoms. The topological polar surface area (TPSA) is 79.0 Å². The number of hydrogen-bond acceptors (Lipinski definition) is 4. The van der Waals surface area contributed by atoms with Gasteiger partial charge in [-0.3, -0.25) is 19.6 Å². The molecule has 2 rings (SSSR count). The Morgan fingerprint density at radius 3 is 2.81 bits per heavy atom. The highest BCUT2D eigenvalue weighted by Crippen LogP contribution is 2.12. The summed E-state index contributed by atoms with van der Waals surface area (Å²) in [5.41, 5.74) is 0.504. The number of amides is 2. The lowest BCUT2D eigenvalue weighted by molar-refractivity contribution is -0.137. The second kappa shape index (κ2) is 4.26. The quantitative estimate of drug-likeness (QED) is 0.727. The summed E-state index contributed by atoms with van der Waals surface area (Å²) in [4.78, 5) is 28.1. The van der Waals surface area contributed by atoms with Crippen molar-refractivity contribution in [1.82, 2.24) is 20.1 Å². The average Bonchev–Trinajstić information content (AvgIpc) is 2.82. The zero-order valence-corrected chi connectivity index (χ0v) is 8.93. The van der Waals surface area contributed by atoms with E-state index in [-0.39, 0.29) is 11.8 Å². The van der Waals surface area contributed by atoms with Crippen LogP contribution in [0, 0.1) is 0 Å². The highest BCUT2D eigenvalue weighted by Gasteiger charge is 2.27. The number of carbonyl (C=O) groups excluding carboxylic acids is 2. The van der Waals surface area contributed by atoms with Crippen molar-refractivity contribution in [3.63, 3.8) is 0 Å². The Labute approximate surface area is 92.4 Å². The molecule has 1 N–H and O–H groups in total. The molecule has 16 heavy (non-hydrogen) atoms. The van der Waals surface area contributed by atoms with Gasteiger partial charge < -0.3 is 0 Å². The Bertz CT molecular complexity index is 436. The van der Waals surface area contributed by atoms with Gasteiger partial charge in [-0.05, 0) is 13.3 Å². The van der Waals surface area contributed by atoms with Crippen molar-refractivity contribution in [2.75, 3.05) is 6.54 Å². The van der Waals surface area contributed by atoms with Crippen LogP contribution in [-0.4, -0.2) is 38.4 Å². The van der Waals surface area contributed by atoms with E-state index >= 15 is 0 Å². The Kier molecular flexibility index (Phi) is 2.80. The molecule has 1 aliphatic heterocycles. The predicted molar refractivity (Wildman–Crippen MR) is 55.2 cm³/mol. The van der Waals surface area contributed by atoms with Gasteiger partial charge >= 0.3 is 0 Å². The molecular weight excluding hydrogens is 208 g/mol. The molecule has 0 radical (unpaired) electrons.